The van der Waals surface area contributed by atoms with Gasteiger partial charge in [-0.05, 0) is 0 Å². The average molecular weight is 502 g/mol. The highest BCUT2D eigenvalue weighted by Crippen LogP contribution is 2.51. The molecule has 0 saturated heterocycles. The molecule has 0 aliphatic heterocycles. The van der Waals surface area contributed by atoms with Gasteiger partial charge >= 0.3 is 15.6 Å². The molecule has 19 heteroatoms. The SMILES string of the molecule is O=P(O)(O)OC1C(O)C(O)C(O)C(O)C1OP(=O)(O)OC1C(O)C(O)C(O)C(O)C1O. The Morgan fingerprint density at radius 3 is 1.03 bits per heavy atom. The molecule has 11 atom stereocenters. The molecule has 0 aromatic carbocycles. The summed E-state index contributed by atoms with van der Waals surface area (Å²) >= 11 is 0. The number of phosphoric ester groups is 2. The van der Waals surface area contributed by atoms with Crippen LogP contribution in [0.15, 0.2) is 0 Å². The Morgan fingerprint density at radius 1 is 0.419 bits per heavy atom. The molecular weight excluding hydrogens is 478 g/mol. The van der Waals surface area contributed by atoms with Crippen LogP contribution in [0.4, 0.5) is 0 Å². The lowest BCUT2D eigenvalue weighted by atomic mass is 9.85. The fourth-order valence-electron chi connectivity index (χ4n) is 3.24. The first kappa shape index (κ1) is 27.1. The smallest absolute Gasteiger partial charge is 0.387 e. The number of hydrogen-bond acceptors (Lipinski definition) is 14. The predicted octanol–water partition coefficient (Wildman–Crippen LogP) is -6.39. The van der Waals surface area contributed by atoms with Gasteiger partial charge in [-0.1, -0.05) is 0 Å². The van der Waals surface area contributed by atoms with Crippen LogP contribution in [0.5, 0.6) is 0 Å². The Labute approximate surface area is 173 Å². The second-order valence-corrected chi connectivity index (χ2v) is 9.64. The molecule has 17 nitrogen and oxygen atoms in total. The Balaban J connectivity index is 2.27. The summed E-state index contributed by atoms with van der Waals surface area (Å²) in [4.78, 5) is 27.8. The third kappa shape index (κ3) is 5.87. The predicted molar refractivity (Wildman–Crippen MR) is 90.5 cm³/mol. The molecule has 31 heavy (non-hydrogen) atoms. The summed E-state index contributed by atoms with van der Waals surface area (Å²) in [5.41, 5.74) is 0. The minimum atomic E-state index is -5.61. The summed E-state index contributed by atoms with van der Waals surface area (Å²) in [5, 5.41) is 87.8. The normalized spacial score (nSPS) is 48.9. The Kier molecular flexibility index (Phi) is 8.41. The van der Waals surface area contributed by atoms with E-state index in [1.54, 1.807) is 0 Å². The first-order chi connectivity index (χ1) is 14.0. The Hall–Kier alpha value is -0.140. The minimum absolute atomic E-state index is 2.06. The number of rotatable bonds is 6. The van der Waals surface area contributed by atoms with Crippen LogP contribution in [-0.4, -0.2) is 134 Å². The molecular formula is C12H24O17P2. The summed E-state index contributed by atoms with van der Waals surface area (Å²) in [5.74, 6) is 0. The van der Waals surface area contributed by atoms with Gasteiger partial charge in [0.1, 0.15) is 73.2 Å². The summed E-state index contributed by atoms with van der Waals surface area (Å²) in [6, 6.07) is 0. The van der Waals surface area contributed by atoms with Crippen molar-refractivity contribution in [3.8, 4) is 0 Å². The third-order valence-electron chi connectivity index (χ3n) is 4.89. The molecule has 12 N–H and O–H groups in total. The van der Waals surface area contributed by atoms with Crippen molar-refractivity contribution in [1.82, 2.24) is 0 Å². The molecule has 11 unspecified atom stereocenters. The second kappa shape index (κ2) is 9.61. The van der Waals surface area contributed by atoms with Gasteiger partial charge < -0.3 is 60.6 Å². The monoisotopic (exact) mass is 502 g/mol. The summed E-state index contributed by atoms with van der Waals surface area (Å²) < 4.78 is 36.7. The van der Waals surface area contributed by atoms with Crippen molar-refractivity contribution >= 4 is 15.6 Å². The molecule has 0 heterocycles. The van der Waals surface area contributed by atoms with Gasteiger partial charge in [0.25, 0.3) is 0 Å². The van der Waals surface area contributed by atoms with Gasteiger partial charge in [-0.25, -0.2) is 9.13 Å². The molecule has 2 saturated carbocycles. The van der Waals surface area contributed by atoms with Gasteiger partial charge in [0.15, 0.2) is 0 Å². The van der Waals surface area contributed by atoms with Gasteiger partial charge in [-0.3, -0.25) is 13.6 Å². The lowest BCUT2D eigenvalue weighted by Gasteiger charge is -2.44. The highest BCUT2D eigenvalue weighted by Gasteiger charge is 2.56. The maximum absolute atomic E-state index is 12.4. The number of aliphatic hydroxyl groups is 9. The van der Waals surface area contributed by atoms with Crippen molar-refractivity contribution in [3.05, 3.63) is 0 Å². The van der Waals surface area contributed by atoms with E-state index in [1.807, 2.05) is 0 Å². The quantitative estimate of drug-likeness (QED) is 0.150. The number of hydrogen-bond donors (Lipinski definition) is 12. The van der Waals surface area contributed by atoms with Crippen LogP contribution in [-0.2, 0) is 22.7 Å². The van der Waals surface area contributed by atoms with Crippen LogP contribution in [0.1, 0.15) is 0 Å². The first-order valence-electron chi connectivity index (χ1n) is 8.54. The Morgan fingerprint density at radius 2 is 0.677 bits per heavy atom. The van der Waals surface area contributed by atoms with Gasteiger partial charge in [0, 0.05) is 0 Å². The Bertz CT molecular complexity index is 699. The van der Waals surface area contributed by atoms with Gasteiger partial charge in [-0.2, -0.15) is 0 Å². The van der Waals surface area contributed by atoms with Crippen LogP contribution in [0, 0.1) is 0 Å². The summed E-state index contributed by atoms with van der Waals surface area (Å²) in [7, 11) is -11.1. The van der Waals surface area contributed by atoms with Crippen LogP contribution in [0.2, 0.25) is 0 Å². The standard InChI is InChI=1S/C12H24O17P2/c13-1-2(14)6(18)10(7(19)3(1)15)28-31(25,26)29-12-9(21)5(17)4(16)8(20)11(12)27-30(22,23)24/h1-21H,(H,25,26)(H2,22,23,24). The van der Waals surface area contributed by atoms with E-state index in [9.17, 15) is 60.0 Å². The molecule has 2 rings (SSSR count). The van der Waals surface area contributed by atoms with Gasteiger partial charge in [-0.15, -0.1) is 0 Å². The van der Waals surface area contributed by atoms with Crippen LogP contribution < -0.4 is 0 Å². The molecule has 0 radical (unpaired) electrons. The average Bonchev–Trinajstić information content (AvgIpc) is 2.66. The fourth-order valence-corrected chi connectivity index (χ4v) is 4.96. The van der Waals surface area contributed by atoms with Crippen molar-refractivity contribution in [2.45, 2.75) is 73.2 Å². The molecule has 0 aromatic heterocycles. The first-order valence-corrected chi connectivity index (χ1v) is 11.6. The largest absolute Gasteiger partial charge is 0.473 e. The van der Waals surface area contributed by atoms with Crippen molar-refractivity contribution in [3.63, 3.8) is 0 Å². The van der Waals surface area contributed by atoms with Gasteiger partial charge in [0.2, 0.25) is 0 Å². The number of aliphatic hydroxyl groups excluding tert-OH is 9. The molecule has 2 fully saturated rings. The highest BCUT2D eigenvalue weighted by atomic mass is 31.2. The van der Waals surface area contributed by atoms with Crippen LogP contribution >= 0.6 is 15.6 Å². The van der Waals surface area contributed by atoms with E-state index in [-0.39, 0.29) is 0 Å². The maximum atomic E-state index is 12.4. The van der Waals surface area contributed by atoms with Crippen molar-refractivity contribution < 1.29 is 83.3 Å². The summed E-state index contributed by atoms with van der Waals surface area (Å²) in [6.45, 7) is 0. The van der Waals surface area contributed by atoms with Crippen molar-refractivity contribution in [2.24, 2.45) is 0 Å². The lowest BCUT2D eigenvalue weighted by Crippen LogP contribution is -2.65. The third-order valence-corrected chi connectivity index (χ3v) is 6.43. The maximum Gasteiger partial charge on any atom is 0.473 e. The van der Waals surface area contributed by atoms with E-state index in [2.05, 4.69) is 13.6 Å². The molecule has 184 valence electrons. The highest BCUT2D eigenvalue weighted by molar-refractivity contribution is 7.47. The lowest BCUT2D eigenvalue weighted by molar-refractivity contribution is -0.229. The van der Waals surface area contributed by atoms with E-state index in [1.165, 1.54) is 0 Å². The zero-order chi connectivity index (χ0) is 24.0. The van der Waals surface area contributed by atoms with E-state index in [0.717, 1.165) is 0 Å². The topological polar surface area (TPSA) is 305 Å². The molecule has 0 spiro atoms. The fraction of sp³-hybridized carbons (Fsp3) is 1.00. The second-order valence-electron chi connectivity index (χ2n) is 7.08. The van der Waals surface area contributed by atoms with Crippen LogP contribution in [0.25, 0.3) is 0 Å². The zero-order valence-electron chi connectivity index (χ0n) is 15.2. The molecule has 2 aliphatic carbocycles. The zero-order valence-corrected chi connectivity index (χ0v) is 17.0. The molecule has 0 bridgehead atoms. The van der Waals surface area contributed by atoms with E-state index in [0.29, 0.717) is 0 Å². The molecule has 2 aliphatic rings. The molecule has 0 amide bonds. The van der Waals surface area contributed by atoms with E-state index >= 15 is 0 Å². The molecule has 0 aromatic rings. The number of phosphoric acid groups is 2. The van der Waals surface area contributed by atoms with Crippen LogP contribution in [0.3, 0.4) is 0 Å². The van der Waals surface area contributed by atoms with Gasteiger partial charge in [0.05, 0.1) is 0 Å². The van der Waals surface area contributed by atoms with Crippen molar-refractivity contribution in [1.29, 1.82) is 0 Å². The van der Waals surface area contributed by atoms with Crippen molar-refractivity contribution in [2.75, 3.05) is 0 Å². The van der Waals surface area contributed by atoms with E-state index in [4.69, 9.17) is 9.79 Å². The van der Waals surface area contributed by atoms with E-state index < -0.39 is 88.9 Å². The minimum Gasteiger partial charge on any atom is -0.387 e. The summed E-state index contributed by atoms with van der Waals surface area (Å²) in [6.07, 6.45) is -27.1.